The first-order chi connectivity index (χ1) is 8.66. The first-order valence-corrected chi connectivity index (χ1v) is 6.02. The molecular formula is C13H17FN4. The predicted molar refractivity (Wildman–Crippen MR) is 67.9 cm³/mol. The number of hydrogen-bond donors (Lipinski definition) is 1. The first kappa shape index (κ1) is 12.7. The Balaban J connectivity index is 2.19. The molecule has 0 radical (unpaired) electrons. The molecular weight excluding hydrogens is 231 g/mol. The third-order valence-electron chi connectivity index (χ3n) is 2.50. The molecule has 5 heteroatoms. The molecule has 2 heterocycles. The van der Waals surface area contributed by atoms with Crippen molar-refractivity contribution in [1.82, 2.24) is 20.1 Å². The molecule has 4 nitrogen and oxygen atoms in total. The standard InChI is InChI=1S/C13H17FN4/c1-10(2)7-15-8-11-6-12(14)9-16-13(11)18-5-3-4-17-18/h3-6,9-10,15H,7-8H2,1-2H3. The highest BCUT2D eigenvalue weighted by Crippen LogP contribution is 2.12. The number of nitrogens with zero attached hydrogens (tertiary/aromatic N) is 3. The van der Waals surface area contributed by atoms with Crippen LogP contribution in [0.1, 0.15) is 19.4 Å². The molecule has 0 fully saturated rings. The third-order valence-corrected chi connectivity index (χ3v) is 2.50. The van der Waals surface area contributed by atoms with Gasteiger partial charge in [0.05, 0.1) is 6.20 Å². The van der Waals surface area contributed by atoms with Gasteiger partial charge in [0.15, 0.2) is 5.82 Å². The molecule has 0 atom stereocenters. The monoisotopic (exact) mass is 248 g/mol. The maximum absolute atomic E-state index is 13.3. The first-order valence-electron chi connectivity index (χ1n) is 6.02. The lowest BCUT2D eigenvalue weighted by molar-refractivity contribution is 0.546. The van der Waals surface area contributed by atoms with Crippen LogP contribution in [0.15, 0.2) is 30.7 Å². The summed E-state index contributed by atoms with van der Waals surface area (Å²) in [5, 5.41) is 7.41. The zero-order valence-corrected chi connectivity index (χ0v) is 10.6. The lowest BCUT2D eigenvalue weighted by Gasteiger charge is -2.11. The van der Waals surface area contributed by atoms with Crippen LogP contribution >= 0.6 is 0 Å². The average Bonchev–Trinajstić information content (AvgIpc) is 2.82. The van der Waals surface area contributed by atoms with Crippen LogP contribution < -0.4 is 5.32 Å². The highest BCUT2D eigenvalue weighted by Gasteiger charge is 2.08. The van der Waals surface area contributed by atoms with Gasteiger partial charge in [-0.25, -0.2) is 14.1 Å². The number of halogens is 1. The van der Waals surface area contributed by atoms with E-state index < -0.39 is 0 Å². The molecule has 0 aliphatic rings. The van der Waals surface area contributed by atoms with Gasteiger partial charge in [0.2, 0.25) is 0 Å². The van der Waals surface area contributed by atoms with Crippen molar-refractivity contribution in [3.05, 3.63) is 42.1 Å². The van der Waals surface area contributed by atoms with Crippen molar-refractivity contribution < 1.29 is 4.39 Å². The van der Waals surface area contributed by atoms with Gasteiger partial charge >= 0.3 is 0 Å². The number of aromatic nitrogens is 3. The molecule has 0 aliphatic heterocycles. The van der Waals surface area contributed by atoms with Gasteiger partial charge in [0.25, 0.3) is 0 Å². The summed E-state index contributed by atoms with van der Waals surface area (Å²) in [5.41, 5.74) is 0.805. The van der Waals surface area contributed by atoms with Gasteiger partial charge in [-0.05, 0) is 24.6 Å². The fourth-order valence-electron chi connectivity index (χ4n) is 1.70. The maximum Gasteiger partial charge on any atom is 0.157 e. The summed E-state index contributed by atoms with van der Waals surface area (Å²) in [5.74, 6) is 0.893. The van der Waals surface area contributed by atoms with Gasteiger partial charge in [0, 0.05) is 24.5 Å². The number of nitrogens with one attached hydrogen (secondary N) is 1. The topological polar surface area (TPSA) is 42.7 Å². The van der Waals surface area contributed by atoms with E-state index in [2.05, 4.69) is 29.2 Å². The molecule has 2 rings (SSSR count). The molecule has 1 N–H and O–H groups in total. The van der Waals surface area contributed by atoms with Crippen molar-refractivity contribution in [3.8, 4) is 5.82 Å². The number of pyridine rings is 1. The van der Waals surface area contributed by atoms with E-state index in [0.717, 1.165) is 12.1 Å². The molecule has 96 valence electrons. The van der Waals surface area contributed by atoms with Gasteiger partial charge in [-0.2, -0.15) is 5.10 Å². The van der Waals surface area contributed by atoms with Crippen molar-refractivity contribution in [2.75, 3.05) is 6.54 Å². The van der Waals surface area contributed by atoms with Crippen molar-refractivity contribution >= 4 is 0 Å². The summed E-state index contributed by atoms with van der Waals surface area (Å²) in [6.45, 7) is 5.73. The minimum absolute atomic E-state index is 0.327. The van der Waals surface area contributed by atoms with Gasteiger partial charge in [-0.1, -0.05) is 13.8 Å². The smallest absolute Gasteiger partial charge is 0.157 e. The Bertz CT molecular complexity index is 494. The second-order valence-corrected chi connectivity index (χ2v) is 4.61. The van der Waals surface area contributed by atoms with Crippen LogP contribution in [0.2, 0.25) is 0 Å². The van der Waals surface area contributed by atoms with E-state index in [-0.39, 0.29) is 5.82 Å². The van der Waals surface area contributed by atoms with Crippen molar-refractivity contribution in [3.63, 3.8) is 0 Å². The van der Waals surface area contributed by atoms with Crippen LogP contribution in [0.3, 0.4) is 0 Å². The van der Waals surface area contributed by atoms with Crippen LogP contribution in [-0.2, 0) is 6.54 Å². The highest BCUT2D eigenvalue weighted by atomic mass is 19.1. The third kappa shape index (κ3) is 3.13. The summed E-state index contributed by atoms with van der Waals surface area (Å²) in [4.78, 5) is 4.10. The molecule has 18 heavy (non-hydrogen) atoms. The summed E-state index contributed by atoms with van der Waals surface area (Å²) in [6.07, 6.45) is 4.69. The molecule has 0 bridgehead atoms. The Morgan fingerprint density at radius 1 is 1.44 bits per heavy atom. The van der Waals surface area contributed by atoms with Crippen molar-refractivity contribution in [2.24, 2.45) is 5.92 Å². The molecule has 2 aromatic heterocycles. The van der Waals surface area contributed by atoms with Crippen LogP contribution in [-0.4, -0.2) is 21.3 Å². The summed E-state index contributed by atoms with van der Waals surface area (Å²) >= 11 is 0. The zero-order chi connectivity index (χ0) is 13.0. The summed E-state index contributed by atoms with van der Waals surface area (Å²) in [6, 6.07) is 3.31. The second-order valence-electron chi connectivity index (χ2n) is 4.61. The van der Waals surface area contributed by atoms with Crippen LogP contribution in [0.25, 0.3) is 5.82 Å². The minimum Gasteiger partial charge on any atom is -0.312 e. The molecule has 0 aliphatic carbocycles. The molecule has 0 aromatic carbocycles. The van der Waals surface area contributed by atoms with E-state index >= 15 is 0 Å². The van der Waals surface area contributed by atoms with E-state index in [1.54, 1.807) is 17.1 Å². The average molecular weight is 248 g/mol. The van der Waals surface area contributed by atoms with Gasteiger partial charge in [-0.15, -0.1) is 0 Å². The molecule has 0 unspecified atom stereocenters. The Labute approximate surface area is 106 Å². The summed E-state index contributed by atoms with van der Waals surface area (Å²) in [7, 11) is 0. The zero-order valence-electron chi connectivity index (χ0n) is 10.6. The normalized spacial score (nSPS) is 11.1. The molecule has 0 saturated carbocycles. The predicted octanol–water partition coefficient (Wildman–Crippen LogP) is 2.15. The van der Waals surface area contributed by atoms with E-state index in [4.69, 9.17) is 0 Å². The van der Waals surface area contributed by atoms with Crippen LogP contribution in [0.5, 0.6) is 0 Å². The van der Waals surface area contributed by atoms with E-state index in [9.17, 15) is 4.39 Å². The maximum atomic E-state index is 13.3. The lowest BCUT2D eigenvalue weighted by Crippen LogP contribution is -2.20. The second kappa shape index (κ2) is 5.73. The Kier molecular flexibility index (Phi) is 4.04. The SMILES string of the molecule is CC(C)CNCc1cc(F)cnc1-n1cccn1. The Morgan fingerprint density at radius 2 is 2.28 bits per heavy atom. The number of hydrogen-bond acceptors (Lipinski definition) is 3. The molecule has 0 amide bonds. The fraction of sp³-hybridized carbons (Fsp3) is 0.385. The molecule has 0 saturated heterocycles. The Hall–Kier alpha value is -1.75. The lowest BCUT2D eigenvalue weighted by atomic mass is 10.2. The quantitative estimate of drug-likeness (QED) is 0.881. The van der Waals surface area contributed by atoms with Crippen molar-refractivity contribution in [2.45, 2.75) is 20.4 Å². The summed E-state index contributed by atoms with van der Waals surface area (Å²) < 4.78 is 14.9. The van der Waals surface area contributed by atoms with Gasteiger partial charge in [-0.3, -0.25) is 0 Å². The molecule has 2 aromatic rings. The molecule has 0 spiro atoms. The van der Waals surface area contributed by atoms with E-state index in [0.29, 0.717) is 18.3 Å². The van der Waals surface area contributed by atoms with Crippen LogP contribution in [0, 0.1) is 11.7 Å². The Morgan fingerprint density at radius 3 is 2.94 bits per heavy atom. The largest absolute Gasteiger partial charge is 0.312 e. The van der Waals surface area contributed by atoms with E-state index in [1.807, 2.05) is 6.07 Å². The fourth-order valence-corrected chi connectivity index (χ4v) is 1.70. The van der Waals surface area contributed by atoms with E-state index in [1.165, 1.54) is 12.3 Å². The van der Waals surface area contributed by atoms with Gasteiger partial charge < -0.3 is 5.32 Å². The van der Waals surface area contributed by atoms with Crippen LogP contribution in [0.4, 0.5) is 4.39 Å². The van der Waals surface area contributed by atoms with Gasteiger partial charge in [0.1, 0.15) is 5.82 Å². The number of rotatable bonds is 5. The highest BCUT2D eigenvalue weighted by molar-refractivity contribution is 5.33. The van der Waals surface area contributed by atoms with Crippen molar-refractivity contribution in [1.29, 1.82) is 0 Å². The minimum atomic E-state index is -0.327.